The fraction of sp³-hybridized carbons (Fsp3) is 0.115. The van der Waals surface area contributed by atoms with E-state index in [1.54, 1.807) is 103 Å². The van der Waals surface area contributed by atoms with Gasteiger partial charge in [-0.1, -0.05) is 120 Å². The number of ether oxygens (including phenoxy) is 8. The van der Waals surface area contributed by atoms with E-state index in [1.165, 1.54) is 20.9 Å². The lowest BCUT2D eigenvalue weighted by Crippen LogP contribution is -2.39. The number of methoxy groups -OCH3 is 8. The number of hydrogen-bond acceptors (Lipinski definition) is 20. The van der Waals surface area contributed by atoms with Crippen molar-refractivity contribution in [3.63, 3.8) is 0 Å². The Kier molecular flexibility index (Phi) is 28.6. The fourth-order valence-corrected chi connectivity index (χ4v) is 23.5. The first kappa shape index (κ1) is 98.3. The molecule has 2 aliphatic rings. The van der Waals surface area contributed by atoms with Gasteiger partial charge in [-0.3, -0.25) is 14.4 Å². The second-order valence-electron chi connectivity index (χ2n) is 35.1. The van der Waals surface area contributed by atoms with E-state index in [9.17, 15) is 14.4 Å². The summed E-state index contributed by atoms with van der Waals surface area (Å²) in [6, 6.07) is 129. The van der Waals surface area contributed by atoms with Gasteiger partial charge in [0.05, 0.1) is 68.3 Å². The number of hydrogen-bond donors (Lipinski definition) is 0. The summed E-state index contributed by atoms with van der Waals surface area (Å²) >= 11 is 13.5. The van der Waals surface area contributed by atoms with Gasteiger partial charge in [-0.05, 0) is 339 Å². The quantitative estimate of drug-likeness (QED) is 0.0664. The summed E-state index contributed by atoms with van der Waals surface area (Å²) in [5, 5.41) is 10.1. The molecule has 0 bridgehead atoms. The largest absolute Gasteiger partial charge is 0.497 e. The van der Waals surface area contributed by atoms with Crippen LogP contribution in [-0.2, 0) is 11.0 Å². The standard InChI is InChI=1S/C54H48N4O4S.C41H34N2O5S.C13H6Br2OS.C13H8OS.CH4/c1-53(2,3)52-34-49-45-10-8-9-11-46(45)54(58(49)55-52)47-32-39(56(35-12-22-41(59-4)23-13-35)36-14-24-42(60-5)25-15-36)20-30-50(47)63-51-31-21-40(33-48(51)54)57(37-16-26-43(61-6)27-17-37)38-18-28-44(62-7)29-19-38;1-45-33-15-5-27(6-16-33)42(28-7-17-34(46-2)18-8-28)31-13-23-39-37(25-31)41(44)38-26-32(14-24-40(38)49-39)43(29-9-19-35(47-3)20-10-29)30-11-21-36(48-4)22-12-30;14-7-1-3-11-9(5-7)13(16)10-6-8(15)2-4-12(10)17-11;14-13-9-5-1-3-7-11(9)15-12-8-4-2-6-10(12)13;/h8-34H,1-7H3;5-26H,1-4H3;1-6H;1-8H;1H4. The number of aromatic nitrogens is 2. The zero-order valence-electron chi connectivity index (χ0n) is 80.4. The van der Waals surface area contributed by atoms with Crippen molar-refractivity contribution in [2.75, 3.05) is 76.5 Å². The smallest absolute Gasteiger partial charge is 0.196 e. The average molecular weight is 2110 g/mol. The van der Waals surface area contributed by atoms with Gasteiger partial charge in [0.1, 0.15) is 51.5 Å². The highest BCUT2D eigenvalue weighted by molar-refractivity contribution is 9.10. The Morgan fingerprint density at radius 2 is 0.517 bits per heavy atom. The Hall–Kier alpha value is -15.5. The molecule has 0 atom stereocenters. The van der Waals surface area contributed by atoms with E-state index in [0.717, 1.165) is 195 Å². The normalized spacial score (nSPS) is 11.8. The molecular formula is C122H100Br2N6O11S4. The van der Waals surface area contributed by atoms with Crippen LogP contribution in [0.1, 0.15) is 50.6 Å². The summed E-state index contributed by atoms with van der Waals surface area (Å²) in [5.41, 5.74) is 17.4. The van der Waals surface area contributed by atoms with E-state index in [4.69, 9.17) is 43.0 Å². The van der Waals surface area contributed by atoms with Gasteiger partial charge < -0.3 is 57.5 Å². The van der Waals surface area contributed by atoms with E-state index >= 15 is 0 Å². The maximum Gasteiger partial charge on any atom is 0.196 e. The van der Waals surface area contributed by atoms with Crippen molar-refractivity contribution in [2.24, 2.45) is 0 Å². The molecule has 722 valence electrons. The molecule has 0 unspecified atom stereocenters. The summed E-state index contributed by atoms with van der Waals surface area (Å²) in [6.45, 7) is 6.71. The Bertz CT molecular complexity index is 7950. The van der Waals surface area contributed by atoms with Crippen LogP contribution in [0.25, 0.3) is 71.8 Å². The SMILES string of the molecule is C.COc1ccc(N(c2ccc(OC)cc2)c2ccc3c(c2)C2(c4cc(N(c5ccc(OC)cc5)c5ccc(OC)cc5)ccc4S3)c3ccccc3-c3cc(C(C)(C)C)nn32)cc1.COc1ccc(N(c2ccc(OC)cc2)c2ccc3sc4ccc(N(c5ccc(OC)cc5)c5ccc(OC)cc5)cc4c(=O)c3c2)cc1.O=c1c2cc(Br)ccc2sc2ccc(Br)cc12.O=c1c2ccccc2sc2ccccc12. The molecule has 23 heteroatoms. The number of rotatable bonds is 20. The summed E-state index contributed by atoms with van der Waals surface area (Å²) in [4.78, 5) is 50.0. The molecular weight excluding hydrogens is 2010 g/mol. The predicted molar refractivity (Wildman–Crippen MR) is 609 cm³/mol. The van der Waals surface area contributed by atoms with Crippen LogP contribution in [0.15, 0.2) is 415 Å². The number of benzene rings is 17. The molecule has 0 N–H and O–H groups in total. The predicted octanol–water partition coefficient (Wildman–Crippen LogP) is 32.8. The first-order valence-corrected chi connectivity index (χ1v) is 51.2. The molecule has 0 aliphatic carbocycles. The number of halogens is 2. The third-order valence-electron chi connectivity index (χ3n) is 25.7. The molecule has 0 saturated carbocycles. The van der Waals surface area contributed by atoms with Crippen molar-refractivity contribution < 1.29 is 37.9 Å². The average Bonchev–Trinajstić information content (AvgIpc) is 1.51. The summed E-state index contributed by atoms with van der Waals surface area (Å²) in [5.74, 6) is 6.24. The maximum absolute atomic E-state index is 14.4. The van der Waals surface area contributed by atoms with E-state index < -0.39 is 5.54 Å². The molecule has 17 nitrogen and oxygen atoms in total. The van der Waals surface area contributed by atoms with Gasteiger partial charge in [-0.2, -0.15) is 5.10 Å². The molecule has 0 saturated heterocycles. The van der Waals surface area contributed by atoms with Gasteiger partial charge >= 0.3 is 0 Å². The zero-order valence-corrected chi connectivity index (χ0v) is 86.9. The minimum atomic E-state index is -0.839. The van der Waals surface area contributed by atoms with Crippen LogP contribution in [-0.4, -0.2) is 66.7 Å². The van der Waals surface area contributed by atoms with Crippen LogP contribution in [0.4, 0.5) is 68.2 Å². The Balaban J connectivity index is 0.000000141. The second-order valence-corrected chi connectivity index (χ2v) is 41.3. The maximum atomic E-state index is 14.4. The van der Waals surface area contributed by atoms with Crippen LogP contribution >= 0.6 is 77.6 Å². The summed E-state index contributed by atoms with van der Waals surface area (Å²) < 4.78 is 54.2. The third kappa shape index (κ3) is 19.4. The second kappa shape index (κ2) is 42.2. The van der Waals surface area contributed by atoms with Crippen LogP contribution in [0.2, 0.25) is 0 Å². The molecule has 0 fully saturated rings. The molecule has 6 heterocycles. The highest BCUT2D eigenvalue weighted by Crippen LogP contribution is 2.61. The summed E-state index contributed by atoms with van der Waals surface area (Å²) in [6.07, 6.45) is 0. The van der Waals surface area contributed by atoms with Gasteiger partial charge in [-0.25, -0.2) is 4.68 Å². The number of fused-ring (bicyclic) bond motifs is 15. The van der Waals surface area contributed by atoms with Gasteiger partial charge in [0.15, 0.2) is 16.3 Å². The number of anilines is 12. The minimum Gasteiger partial charge on any atom is -0.497 e. The first-order valence-electron chi connectivity index (χ1n) is 46.4. The Morgan fingerprint density at radius 1 is 0.269 bits per heavy atom. The lowest BCUT2D eigenvalue weighted by Gasteiger charge is -2.41. The van der Waals surface area contributed by atoms with Gasteiger partial charge in [0.25, 0.3) is 0 Å². The monoisotopic (exact) mass is 2110 g/mol. The topological polar surface area (TPSA) is 156 Å². The van der Waals surface area contributed by atoms with Crippen molar-refractivity contribution in [3.8, 4) is 57.3 Å². The molecule has 17 aromatic carbocycles. The zero-order chi connectivity index (χ0) is 99.6. The molecule has 0 amide bonds. The van der Waals surface area contributed by atoms with Crippen molar-refractivity contribution in [1.29, 1.82) is 0 Å². The molecule has 4 aromatic heterocycles. The molecule has 145 heavy (non-hydrogen) atoms. The van der Waals surface area contributed by atoms with Gasteiger partial charge in [0, 0.05) is 170 Å². The molecule has 2 aliphatic heterocycles. The lowest BCUT2D eigenvalue weighted by atomic mass is 9.76. The first-order chi connectivity index (χ1) is 70.1. The Labute approximate surface area is 873 Å². The van der Waals surface area contributed by atoms with E-state index in [0.29, 0.717) is 10.8 Å². The van der Waals surface area contributed by atoms with Crippen molar-refractivity contribution in [3.05, 3.63) is 444 Å². The highest BCUT2D eigenvalue weighted by atomic mass is 79.9. The minimum absolute atomic E-state index is 0. The third-order valence-corrected chi connectivity index (χ3v) is 31.3. The van der Waals surface area contributed by atoms with Crippen LogP contribution in [0.3, 0.4) is 0 Å². The van der Waals surface area contributed by atoms with E-state index in [-0.39, 0.29) is 29.1 Å². The Morgan fingerprint density at radius 3 is 0.821 bits per heavy atom. The van der Waals surface area contributed by atoms with Gasteiger partial charge in [-0.15, -0.1) is 34.0 Å². The van der Waals surface area contributed by atoms with Gasteiger partial charge in [0.2, 0.25) is 0 Å². The summed E-state index contributed by atoms with van der Waals surface area (Å²) in [7, 11) is 13.4. The molecule has 21 aromatic rings. The van der Waals surface area contributed by atoms with Crippen molar-refractivity contribution in [1.82, 2.24) is 9.78 Å². The molecule has 23 rings (SSSR count). The molecule has 0 radical (unpaired) electrons. The fourth-order valence-electron chi connectivity index (χ4n) is 18.5. The number of nitrogens with zero attached hydrogens (tertiary/aromatic N) is 6. The van der Waals surface area contributed by atoms with Crippen LogP contribution in [0, 0.1) is 0 Å². The lowest BCUT2D eigenvalue weighted by molar-refractivity contribution is 0.414. The molecule has 1 spiro atoms. The van der Waals surface area contributed by atoms with E-state index in [2.05, 4.69) is 204 Å². The van der Waals surface area contributed by atoms with Crippen LogP contribution in [0.5, 0.6) is 46.0 Å². The van der Waals surface area contributed by atoms with Crippen molar-refractivity contribution >= 4 is 206 Å². The van der Waals surface area contributed by atoms with E-state index in [1.807, 2.05) is 255 Å². The highest BCUT2D eigenvalue weighted by Gasteiger charge is 2.53. The van der Waals surface area contributed by atoms with Crippen LogP contribution < -0.4 is 73.8 Å². The van der Waals surface area contributed by atoms with Crippen molar-refractivity contribution in [2.45, 2.75) is 48.9 Å².